The minimum atomic E-state index is -1.03. The number of nitrogens with one attached hydrogen (secondary N) is 1. The monoisotopic (exact) mass is 243 g/mol. The molecule has 0 aliphatic rings. The number of amides is 2. The van der Waals surface area contributed by atoms with E-state index in [0.717, 1.165) is 13.0 Å². The molecule has 0 atom stereocenters. The van der Waals surface area contributed by atoms with Crippen LogP contribution in [0.3, 0.4) is 0 Å². The van der Waals surface area contributed by atoms with Crippen molar-refractivity contribution >= 4 is 12.0 Å². The van der Waals surface area contributed by atoms with Crippen LogP contribution < -0.4 is 5.32 Å². The Morgan fingerprint density at radius 3 is 2.53 bits per heavy atom. The van der Waals surface area contributed by atoms with Crippen molar-refractivity contribution in [2.24, 2.45) is 0 Å². The molecule has 0 aliphatic carbocycles. The number of hydrogen-bond acceptors (Lipinski definition) is 3. The molecule has 0 unspecified atom stereocenters. The molecule has 0 aliphatic heterocycles. The molecule has 0 aromatic carbocycles. The van der Waals surface area contributed by atoms with Gasteiger partial charge in [0.15, 0.2) is 0 Å². The van der Waals surface area contributed by atoms with E-state index in [4.69, 9.17) is 5.11 Å². The van der Waals surface area contributed by atoms with E-state index in [-0.39, 0.29) is 19.1 Å². The highest BCUT2D eigenvalue weighted by Crippen LogP contribution is 1.91. The van der Waals surface area contributed by atoms with Gasteiger partial charge in [-0.2, -0.15) is 0 Å². The van der Waals surface area contributed by atoms with E-state index < -0.39 is 5.97 Å². The number of carbonyl (C=O) groups excluding carboxylic acids is 1. The molecule has 2 amide bonds. The number of aliphatic carboxylic acids is 1. The maximum Gasteiger partial charge on any atom is 0.323 e. The van der Waals surface area contributed by atoms with Crippen molar-refractivity contribution in [2.75, 3.05) is 40.3 Å². The topological polar surface area (TPSA) is 72.9 Å². The lowest BCUT2D eigenvalue weighted by Gasteiger charge is -2.19. The van der Waals surface area contributed by atoms with Crippen molar-refractivity contribution in [2.45, 2.75) is 6.42 Å². The Balaban J connectivity index is 3.96. The van der Waals surface area contributed by atoms with Gasteiger partial charge in [-0.15, -0.1) is 6.58 Å². The minimum Gasteiger partial charge on any atom is -0.480 e. The normalized spacial score (nSPS) is 10.1. The number of nitrogens with zero attached hydrogens (tertiary/aromatic N) is 2. The van der Waals surface area contributed by atoms with E-state index in [0.29, 0.717) is 6.54 Å². The van der Waals surface area contributed by atoms with E-state index in [1.165, 1.54) is 11.0 Å². The molecule has 17 heavy (non-hydrogen) atoms. The van der Waals surface area contributed by atoms with Gasteiger partial charge >= 0.3 is 12.0 Å². The average molecular weight is 243 g/mol. The maximum absolute atomic E-state index is 11.6. The quantitative estimate of drug-likeness (QED) is 0.472. The van der Waals surface area contributed by atoms with Gasteiger partial charge in [0, 0.05) is 13.1 Å². The molecule has 0 aromatic rings. The first-order chi connectivity index (χ1) is 7.97. The maximum atomic E-state index is 11.6. The summed E-state index contributed by atoms with van der Waals surface area (Å²) in [6.07, 6.45) is 2.33. The molecule has 0 saturated heterocycles. The number of urea groups is 1. The van der Waals surface area contributed by atoms with Crippen molar-refractivity contribution in [1.82, 2.24) is 15.1 Å². The summed E-state index contributed by atoms with van der Waals surface area (Å²) in [5, 5.41) is 11.3. The summed E-state index contributed by atoms with van der Waals surface area (Å²) in [5.74, 6) is -1.03. The van der Waals surface area contributed by atoms with Crippen LogP contribution >= 0.6 is 0 Å². The Morgan fingerprint density at radius 2 is 2.06 bits per heavy atom. The van der Waals surface area contributed by atoms with Crippen molar-refractivity contribution < 1.29 is 14.7 Å². The molecule has 0 rings (SSSR count). The zero-order chi connectivity index (χ0) is 13.3. The summed E-state index contributed by atoms with van der Waals surface area (Å²) in [5.41, 5.74) is 0. The molecule has 6 nitrogen and oxygen atoms in total. The second-order valence-electron chi connectivity index (χ2n) is 3.95. The molecule has 0 spiro atoms. The molecular weight excluding hydrogens is 222 g/mol. The number of carboxylic acids is 1. The summed E-state index contributed by atoms with van der Waals surface area (Å²) in [4.78, 5) is 25.4. The Kier molecular flexibility index (Phi) is 7.79. The first kappa shape index (κ1) is 15.4. The van der Waals surface area contributed by atoms with Crippen LogP contribution in [0.15, 0.2) is 12.7 Å². The molecule has 0 heterocycles. The van der Waals surface area contributed by atoms with Crippen molar-refractivity contribution in [1.29, 1.82) is 0 Å². The van der Waals surface area contributed by atoms with Crippen LogP contribution in [0.4, 0.5) is 4.79 Å². The first-order valence-electron chi connectivity index (χ1n) is 5.47. The lowest BCUT2D eigenvalue weighted by molar-refractivity contribution is -0.137. The Hall–Kier alpha value is -1.56. The second-order valence-corrected chi connectivity index (χ2v) is 3.95. The molecule has 2 N–H and O–H groups in total. The summed E-state index contributed by atoms with van der Waals surface area (Å²) >= 11 is 0. The molecule has 0 bridgehead atoms. The second kappa shape index (κ2) is 8.58. The molecule has 0 radical (unpaired) electrons. The van der Waals surface area contributed by atoms with Gasteiger partial charge in [-0.25, -0.2) is 4.79 Å². The van der Waals surface area contributed by atoms with E-state index in [1.807, 2.05) is 19.0 Å². The van der Waals surface area contributed by atoms with Gasteiger partial charge < -0.3 is 20.2 Å². The van der Waals surface area contributed by atoms with Crippen LogP contribution in [0, 0.1) is 0 Å². The Labute approximate surface area is 102 Å². The van der Waals surface area contributed by atoms with Gasteiger partial charge in [0.2, 0.25) is 0 Å². The van der Waals surface area contributed by atoms with Gasteiger partial charge in [-0.3, -0.25) is 4.79 Å². The Bertz CT molecular complexity index is 267. The molecule has 98 valence electrons. The standard InChI is InChI=1S/C11H21N3O3/c1-4-7-14(9-10(15)16)11(17)12-6-5-8-13(2)3/h4H,1,5-9H2,2-3H3,(H,12,17)(H,15,16). The zero-order valence-corrected chi connectivity index (χ0v) is 10.5. The van der Waals surface area contributed by atoms with Gasteiger partial charge in [-0.1, -0.05) is 6.08 Å². The van der Waals surface area contributed by atoms with E-state index in [2.05, 4.69) is 11.9 Å². The fourth-order valence-corrected chi connectivity index (χ4v) is 1.24. The largest absolute Gasteiger partial charge is 0.480 e. The third kappa shape index (κ3) is 8.27. The highest BCUT2D eigenvalue weighted by molar-refractivity contribution is 5.80. The van der Waals surface area contributed by atoms with E-state index in [1.54, 1.807) is 0 Å². The summed E-state index contributed by atoms with van der Waals surface area (Å²) < 4.78 is 0. The smallest absolute Gasteiger partial charge is 0.323 e. The predicted octanol–water partition coefficient (Wildman–Crippen LogP) is 0.220. The highest BCUT2D eigenvalue weighted by Gasteiger charge is 2.14. The van der Waals surface area contributed by atoms with Gasteiger partial charge in [0.05, 0.1) is 0 Å². The van der Waals surface area contributed by atoms with Crippen LogP contribution in [-0.4, -0.2) is 67.2 Å². The molecule has 0 aromatic heterocycles. The van der Waals surface area contributed by atoms with Crippen LogP contribution in [0.25, 0.3) is 0 Å². The average Bonchev–Trinajstić information content (AvgIpc) is 2.22. The molecule has 0 saturated carbocycles. The van der Waals surface area contributed by atoms with Gasteiger partial charge in [-0.05, 0) is 27.1 Å². The van der Waals surface area contributed by atoms with E-state index in [9.17, 15) is 9.59 Å². The molecule has 6 heteroatoms. The van der Waals surface area contributed by atoms with Gasteiger partial charge in [0.1, 0.15) is 6.54 Å². The first-order valence-corrected chi connectivity index (χ1v) is 5.47. The summed E-state index contributed by atoms with van der Waals surface area (Å²) in [6, 6.07) is -0.369. The SMILES string of the molecule is C=CCN(CC(=O)O)C(=O)NCCCN(C)C. The lowest BCUT2D eigenvalue weighted by atomic mass is 10.4. The number of carbonyl (C=O) groups is 2. The highest BCUT2D eigenvalue weighted by atomic mass is 16.4. The van der Waals surface area contributed by atoms with Crippen molar-refractivity contribution in [3.05, 3.63) is 12.7 Å². The fraction of sp³-hybridized carbons (Fsp3) is 0.636. The van der Waals surface area contributed by atoms with Crippen LogP contribution in [-0.2, 0) is 4.79 Å². The third-order valence-corrected chi connectivity index (χ3v) is 2.02. The van der Waals surface area contributed by atoms with E-state index >= 15 is 0 Å². The third-order valence-electron chi connectivity index (χ3n) is 2.02. The Morgan fingerprint density at radius 1 is 1.41 bits per heavy atom. The summed E-state index contributed by atoms with van der Waals surface area (Å²) in [6.45, 7) is 4.81. The molecular formula is C11H21N3O3. The predicted molar refractivity (Wildman–Crippen MR) is 66.0 cm³/mol. The zero-order valence-electron chi connectivity index (χ0n) is 10.5. The van der Waals surface area contributed by atoms with Crippen LogP contribution in [0.1, 0.15) is 6.42 Å². The minimum absolute atomic E-state index is 0.228. The van der Waals surface area contributed by atoms with Crippen molar-refractivity contribution in [3.8, 4) is 0 Å². The number of carboxylic acid groups (broad SMARTS) is 1. The lowest BCUT2D eigenvalue weighted by Crippen LogP contribution is -2.43. The van der Waals surface area contributed by atoms with Gasteiger partial charge in [0.25, 0.3) is 0 Å². The summed E-state index contributed by atoms with van der Waals surface area (Å²) in [7, 11) is 3.91. The number of rotatable bonds is 8. The molecule has 0 fully saturated rings. The fourth-order valence-electron chi connectivity index (χ4n) is 1.24. The van der Waals surface area contributed by atoms with Crippen LogP contribution in [0.2, 0.25) is 0 Å². The van der Waals surface area contributed by atoms with Crippen molar-refractivity contribution in [3.63, 3.8) is 0 Å². The van der Waals surface area contributed by atoms with Crippen LogP contribution in [0.5, 0.6) is 0 Å². The number of hydrogen-bond donors (Lipinski definition) is 2.